The van der Waals surface area contributed by atoms with E-state index in [2.05, 4.69) is 20.8 Å². The molecule has 0 radical (unpaired) electrons. The van der Waals surface area contributed by atoms with Crippen molar-refractivity contribution in [2.45, 2.75) is 131 Å². The molecule has 4 aliphatic rings. The van der Waals surface area contributed by atoms with E-state index >= 15 is 0 Å². The Morgan fingerprint density at radius 1 is 0.786 bits per heavy atom. The molecule has 164 valence electrons. The molecular formula is C27H50O. The largest absolute Gasteiger partial charge is 0.393 e. The van der Waals surface area contributed by atoms with E-state index in [0.29, 0.717) is 10.8 Å². The fourth-order valence-corrected chi connectivity index (χ4v) is 8.64. The minimum Gasteiger partial charge on any atom is -0.393 e. The molecule has 0 amide bonds. The second-order valence-corrected chi connectivity index (χ2v) is 11.3. The molecule has 28 heavy (non-hydrogen) atoms. The average molecular weight is 391 g/mol. The highest BCUT2D eigenvalue weighted by Gasteiger charge is 2.59. The molecule has 1 heteroatoms. The van der Waals surface area contributed by atoms with Gasteiger partial charge in [-0.2, -0.15) is 0 Å². The fraction of sp³-hybridized carbons (Fsp3) is 1.00. The Morgan fingerprint density at radius 3 is 2.25 bits per heavy atom. The minimum atomic E-state index is -0.00235. The van der Waals surface area contributed by atoms with E-state index in [1.807, 2.05) is 13.8 Å². The van der Waals surface area contributed by atoms with E-state index in [4.69, 9.17) is 0 Å². The van der Waals surface area contributed by atoms with Crippen molar-refractivity contribution in [2.75, 3.05) is 0 Å². The Balaban J connectivity index is 0.00000109. The lowest BCUT2D eigenvalue weighted by molar-refractivity contribution is -0.127. The van der Waals surface area contributed by atoms with Gasteiger partial charge in [-0.15, -0.1) is 0 Å². The van der Waals surface area contributed by atoms with Gasteiger partial charge in [0.05, 0.1) is 6.10 Å². The minimum absolute atomic E-state index is 0.00235. The predicted octanol–water partition coefficient (Wildman–Crippen LogP) is 8.00. The molecule has 0 spiro atoms. The molecule has 0 aromatic carbocycles. The first kappa shape index (κ1) is 22.6. The third-order valence-corrected chi connectivity index (χ3v) is 10.2. The molecule has 1 N–H and O–H groups in total. The fourth-order valence-electron chi connectivity index (χ4n) is 8.64. The standard InChI is InChI=1S/C25H44O.C2H6/c1-4-5-6-7-8-18-10-12-22-21-11-9-19-17-20(26)13-15-25(19,3)23(21)14-16-24(18,22)2;1-2/h18-23,26H,4-17H2,1-3H3;1-2H3/t18-,19?,20?,21?,22?,23?,24?,25?;/m0./s1. The van der Waals surface area contributed by atoms with Crippen molar-refractivity contribution in [3.63, 3.8) is 0 Å². The Morgan fingerprint density at radius 2 is 1.50 bits per heavy atom. The number of rotatable bonds is 5. The lowest BCUT2D eigenvalue weighted by Crippen LogP contribution is -2.53. The summed E-state index contributed by atoms with van der Waals surface area (Å²) >= 11 is 0. The summed E-state index contributed by atoms with van der Waals surface area (Å²) in [5.74, 6) is 4.81. The molecule has 8 atom stereocenters. The molecule has 4 aliphatic carbocycles. The maximum atomic E-state index is 10.2. The molecule has 7 unspecified atom stereocenters. The topological polar surface area (TPSA) is 20.2 Å². The van der Waals surface area contributed by atoms with E-state index in [1.165, 1.54) is 77.0 Å². The lowest BCUT2D eigenvalue weighted by atomic mass is 9.44. The molecule has 0 saturated heterocycles. The third kappa shape index (κ3) is 3.95. The number of hydrogen-bond donors (Lipinski definition) is 1. The van der Waals surface area contributed by atoms with Gasteiger partial charge in [0, 0.05) is 0 Å². The summed E-state index contributed by atoms with van der Waals surface area (Å²) in [5, 5.41) is 10.2. The first-order chi connectivity index (χ1) is 13.5. The van der Waals surface area contributed by atoms with Crippen LogP contribution in [0.3, 0.4) is 0 Å². The van der Waals surface area contributed by atoms with E-state index < -0.39 is 0 Å². The van der Waals surface area contributed by atoms with E-state index in [0.717, 1.165) is 42.4 Å². The van der Waals surface area contributed by atoms with Gasteiger partial charge in [-0.1, -0.05) is 60.3 Å². The number of hydrogen-bond acceptors (Lipinski definition) is 1. The Labute approximate surface area is 176 Å². The van der Waals surface area contributed by atoms with Crippen LogP contribution in [0.15, 0.2) is 0 Å². The first-order valence-corrected chi connectivity index (χ1v) is 13.2. The zero-order chi connectivity index (χ0) is 20.4. The molecule has 4 saturated carbocycles. The van der Waals surface area contributed by atoms with Gasteiger partial charge in [-0.3, -0.25) is 0 Å². The summed E-state index contributed by atoms with van der Waals surface area (Å²) in [7, 11) is 0. The van der Waals surface area contributed by atoms with Gasteiger partial charge >= 0.3 is 0 Å². The van der Waals surface area contributed by atoms with Gasteiger partial charge in [0.15, 0.2) is 0 Å². The highest BCUT2D eigenvalue weighted by molar-refractivity contribution is 5.09. The van der Waals surface area contributed by atoms with Crippen LogP contribution in [-0.2, 0) is 0 Å². The molecule has 4 fully saturated rings. The zero-order valence-electron chi connectivity index (χ0n) is 19.8. The number of aliphatic hydroxyl groups is 1. The SMILES string of the molecule is CC.CCCCCC[C@H]1CCC2C3CCC4CC(O)CCC4(C)C3CCC21C. The van der Waals surface area contributed by atoms with Crippen LogP contribution in [0.4, 0.5) is 0 Å². The number of fused-ring (bicyclic) bond motifs is 5. The summed E-state index contributed by atoms with van der Waals surface area (Å²) in [6, 6.07) is 0. The molecule has 0 aromatic heterocycles. The highest BCUT2D eigenvalue weighted by atomic mass is 16.3. The second kappa shape index (κ2) is 9.40. The molecular weight excluding hydrogens is 340 g/mol. The highest BCUT2D eigenvalue weighted by Crippen LogP contribution is 2.67. The molecule has 4 rings (SSSR count). The maximum Gasteiger partial charge on any atom is 0.0543 e. The summed E-state index contributed by atoms with van der Waals surface area (Å²) in [6.45, 7) is 11.7. The number of unbranched alkanes of at least 4 members (excludes halogenated alkanes) is 3. The van der Waals surface area contributed by atoms with Crippen LogP contribution in [-0.4, -0.2) is 11.2 Å². The van der Waals surface area contributed by atoms with Crippen molar-refractivity contribution < 1.29 is 5.11 Å². The van der Waals surface area contributed by atoms with Crippen molar-refractivity contribution in [1.82, 2.24) is 0 Å². The normalized spacial score (nSPS) is 47.4. The lowest BCUT2D eigenvalue weighted by Gasteiger charge is -2.61. The second-order valence-electron chi connectivity index (χ2n) is 11.3. The van der Waals surface area contributed by atoms with Gasteiger partial charge in [-0.05, 0) is 105 Å². The average Bonchev–Trinajstić information content (AvgIpc) is 3.04. The predicted molar refractivity (Wildman–Crippen MR) is 121 cm³/mol. The van der Waals surface area contributed by atoms with Gasteiger partial charge in [0.25, 0.3) is 0 Å². The van der Waals surface area contributed by atoms with Gasteiger partial charge in [0.2, 0.25) is 0 Å². The van der Waals surface area contributed by atoms with E-state index in [-0.39, 0.29) is 6.10 Å². The summed E-state index contributed by atoms with van der Waals surface area (Å²) < 4.78 is 0. The van der Waals surface area contributed by atoms with Gasteiger partial charge < -0.3 is 5.11 Å². The van der Waals surface area contributed by atoms with Crippen molar-refractivity contribution in [1.29, 1.82) is 0 Å². The Kier molecular flexibility index (Phi) is 7.60. The summed E-state index contributed by atoms with van der Waals surface area (Å²) in [4.78, 5) is 0. The van der Waals surface area contributed by atoms with Crippen LogP contribution in [0.25, 0.3) is 0 Å². The van der Waals surface area contributed by atoms with Gasteiger partial charge in [-0.25, -0.2) is 0 Å². The smallest absolute Gasteiger partial charge is 0.0543 e. The van der Waals surface area contributed by atoms with Crippen LogP contribution >= 0.6 is 0 Å². The molecule has 1 nitrogen and oxygen atoms in total. The van der Waals surface area contributed by atoms with Crippen LogP contribution in [0.5, 0.6) is 0 Å². The Bertz CT molecular complexity index is 487. The molecule has 0 aliphatic heterocycles. The van der Waals surface area contributed by atoms with Crippen molar-refractivity contribution in [2.24, 2.45) is 40.4 Å². The zero-order valence-corrected chi connectivity index (χ0v) is 19.8. The van der Waals surface area contributed by atoms with Crippen molar-refractivity contribution in [3.05, 3.63) is 0 Å². The summed E-state index contributed by atoms with van der Waals surface area (Å²) in [5.41, 5.74) is 1.20. The first-order valence-electron chi connectivity index (χ1n) is 13.2. The van der Waals surface area contributed by atoms with E-state index in [1.54, 1.807) is 0 Å². The van der Waals surface area contributed by atoms with Crippen LogP contribution in [0.1, 0.15) is 125 Å². The quantitative estimate of drug-likeness (QED) is 0.471. The van der Waals surface area contributed by atoms with E-state index in [9.17, 15) is 5.11 Å². The number of aliphatic hydroxyl groups excluding tert-OH is 1. The van der Waals surface area contributed by atoms with Crippen molar-refractivity contribution in [3.8, 4) is 0 Å². The molecule has 0 heterocycles. The van der Waals surface area contributed by atoms with Crippen LogP contribution < -0.4 is 0 Å². The monoisotopic (exact) mass is 390 g/mol. The van der Waals surface area contributed by atoms with Crippen molar-refractivity contribution >= 4 is 0 Å². The van der Waals surface area contributed by atoms with Crippen LogP contribution in [0.2, 0.25) is 0 Å². The molecule has 0 aromatic rings. The third-order valence-electron chi connectivity index (χ3n) is 10.2. The maximum absolute atomic E-state index is 10.2. The molecule has 0 bridgehead atoms. The van der Waals surface area contributed by atoms with Crippen LogP contribution in [0, 0.1) is 40.4 Å². The summed E-state index contributed by atoms with van der Waals surface area (Å²) in [6.07, 6.45) is 19.6. The van der Waals surface area contributed by atoms with Gasteiger partial charge in [0.1, 0.15) is 0 Å². The Hall–Kier alpha value is -0.0400.